The molecule has 0 radical (unpaired) electrons. The van der Waals surface area contributed by atoms with Gasteiger partial charge in [0, 0.05) is 18.6 Å². The van der Waals surface area contributed by atoms with Gasteiger partial charge in [-0.25, -0.2) is 0 Å². The van der Waals surface area contributed by atoms with Crippen LogP contribution in [0.3, 0.4) is 0 Å². The first kappa shape index (κ1) is 16.3. The van der Waals surface area contributed by atoms with E-state index in [-0.39, 0.29) is 0 Å². The highest BCUT2D eigenvalue weighted by Gasteiger charge is 2.36. The van der Waals surface area contributed by atoms with Crippen molar-refractivity contribution >= 4 is 0 Å². The number of rotatable bonds is 6. The van der Waals surface area contributed by atoms with Crippen LogP contribution in [-0.2, 0) is 6.54 Å². The van der Waals surface area contributed by atoms with Gasteiger partial charge in [-0.3, -0.25) is 0 Å². The van der Waals surface area contributed by atoms with Crippen molar-refractivity contribution in [2.45, 2.75) is 44.7 Å². The zero-order chi connectivity index (χ0) is 15.3. The van der Waals surface area contributed by atoms with Crippen molar-refractivity contribution in [1.29, 1.82) is 0 Å². The molecule has 1 fully saturated rings. The highest BCUT2D eigenvalue weighted by atomic mass is 16.5. The van der Waals surface area contributed by atoms with E-state index in [4.69, 9.17) is 4.74 Å². The maximum atomic E-state index is 5.20. The lowest BCUT2D eigenvalue weighted by Gasteiger charge is -2.45. The minimum absolute atomic E-state index is 0.324. The second kappa shape index (κ2) is 7.28. The molecule has 2 atom stereocenters. The highest BCUT2D eigenvalue weighted by Crippen LogP contribution is 2.35. The number of hydrogen-bond donors (Lipinski definition) is 1. The molecule has 21 heavy (non-hydrogen) atoms. The van der Waals surface area contributed by atoms with E-state index in [2.05, 4.69) is 43.4 Å². The van der Waals surface area contributed by atoms with E-state index in [1.54, 1.807) is 7.11 Å². The zero-order valence-electron chi connectivity index (χ0n) is 14.0. The lowest BCUT2D eigenvalue weighted by molar-refractivity contribution is 0.0749. The van der Waals surface area contributed by atoms with Crippen molar-refractivity contribution < 1.29 is 4.74 Å². The number of nitrogens with zero attached hydrogens (tertiary/aromatic N) is 1. The fourth-order valence-corrected chi connectivity index (χ4v) is 3.54. The molecule has 118 valence electrons. The molecule has 0 saturated heterocycles. The normalized spacial score (nSPS) is 26.0. The molecule has 1 aromatic rings. The molecule has 0 aliphatic heterocycles. The number of ether oxygens (including phenoxy) is 1. The molecule has 2 unspecified atom stereocenters. The number of methoxy groups -OCH3 is 1. The smallest absolute Gasteiger partial charge is 0.118 e. The first-order valence-electron chi connectivity index (χ1n) is 8.07. The van der Waals surface area contributed by atoms with Crippen LogP contribution in [0.15, 0.2) is 24.3 Å². The van der Waals surface area contributed by atoms with Gasteiger partial charge in [0.15, 0.2) is 0 Å². The van der Waals surface area contributed by atoms with Crippen molar-refractivity contribution in [3.8, 4) is 5.75 Å². The average molecular weight is 290 g/mol. The molecular weight excluding hydrogens is 260 g/mol. The van der Waals surface area contributed by atoms with Crippen molar-refractivity contribution in [3.63, 3.8) is 0 Å². The fraction of sp³-hybridized carbons (Fsp3) is 0.667. The second-order valence-corrected chi connectivity index (χ2v) is 6.77. The molecule has 0 heterocycles. The molecule has 0 aromatic heterocycles. The molecule has 1 aliphatic rings. The fourth-order valence-electron chi connectivity index (χ4n) is 3.54. The van der Waals surface area contributed by atoms with Crippen LogP contribution in [0.25, 0.3) is 0 Å². The van der Waals surface area contributed by atoms with E-state index < -0.39 is 0 Å². The summed E-state index contributed by atoms with van der Waals surface area (Å²) in [6.45, 7) is 4.38. The van der Waals surface area contributed by atoms with Gasteiger partial charge in [-0.15, -0.1) is 0 Å². The highest BCUT2D eigenvalue weighted by molar-refractivity contribution is 5.27. The van der Waals surface area contributed by atoms with Crippen LogP contribution in [0, 0.1) is 5.92 Å². The maximum Gasteiger partial charge on any atom is 0.118 e. The minimum Gasteiger partial charge on any atom is -0.497 e. The van der Waals surface area contributed by atoms with Crippen molar-refractivity contribution in [3.05, 3.63) is 29.8 Å². The monoisotopic (exact) mass is 290 g/mol. The minimum atomic E-state index is 0.324. The predicted molar refractivity (Wildman–Crippen MR) is 88.8 cm³/mol. The molecule has 2 rings (SSSR count). The third-order valence-corrected chi connectivity index (χ3v) is 4.96. The van der Waals surface area contributed by atoms with Gasteiger partial charge in [0.05, 0.1) is 7.11 Å². The summed E-state index contributed by atoms with van der Waals surface area (Å²) in [7, 11) is 6.17. The summed E-state index contributed by atoms with van der Waals surface area (Å²) in [5.74, 6) is 1.76. The quantitative estimate of drug-likeness (QED) is 0.870. The first-order chi connectivity index (χ1) is 10.1. The van der Waals surface area contributed by atoms with Crippen LogP contribution < -0.4 is 10.1 Å². The van der Waals surface area contributed by atoms with Gasteiger partial charge in [0.1, 0.15) is 5.75 Å². The van der Waals surface area contributed by atoms with Gasteiger partial charge >= 0.3 is 0 Å². The van der Waals surface area contributed by atoms with Crippen molar-refractivity contribution in [2.24, 2.45) is 5.92 Å². The van der Waals surface area contributed by atoms with E-state index in [0.717, 1.165) is 24.8 Å². The van der Waals surface area contributed by atoms with Gasteiger partial charge in [-0.1, -0.05) is 31.9 Å². The Morgan fingerprint density at radius 2 is 2.00 bits per heavy atom. The van der Waals surface area contributed by atoms with E-state index >= 15 is 0 Å². The SMILES string of the molecule is COc1ccc(CNCC2(N(C)C)CCCC(C)C2)cc1. The Balaban J connectivity index is 1.89. The summed E-state index contributed by atoms with van der Waals surface area (Å²) in [6.07, 6.45) is 5.34. The standard InChI is InChI=1S/C18H30N2O/c1-15-6-5-11-18(12-15,20(2)3)14-19-13-16-7-9-17(21-4)10-8-16/h7-10,15,19H,5-6,11-14H2,1-4H3. The summed E-state index contributed by atoms with van der Waals surface area (Å²) in [4.78, 5) is 2.43. The lowest BCUT2D eigenvalue weighted by atomic mass is 9.75. The molecule has 1 N–H and O–H groups in total. The predicted octanol–water partition coefficient (Wildman–Crippen LogP) is 3.30. The summed E-state index contributed by atoms with van der Waals surface area (Å²) in [6, 6.07) is 8.33. The molecule has 1 aliphatic carbocycles. The molecule has 1 aromatic carbocycles. The summed E-state index contributed by atoms with van der Waals surface area (Å²) >= 11 is 0. The third-order valence-electron chi connectivity index (χ3n) is 4.96. The van der Waals surface area contributed by atoms with Gasteiger partial charge in [0.25, 0.3) is 0 Å². The van der Waals surface area contributed by atoms with Gasteiger partial charge in [0.2, 0.25) is 0 Å². The van der Waals surface area contributed by atoms with Crippen molar-refractivity contribution in [2.75, 3.05) is 27.7 Å². The Morgan fingerprint density at radius 3 is 2.57 bits per heavy atom. The van der Waals surface area contributed by atoms with E-state index in [1.807, 2.05) is 12.1 Å². The van der Waals surface area contributed by atoms with Crippen LogP contribution in [0.4, 0.5) is 0 Å². The Kier molecular flexibility index (Phi) is 5.65. The van der Waals surface area contributed by atoms with E-state index in [9.17, 15) is 0 Å². The third kappa shape index (κ3) is 4.21. The van der Waals surface area contributed by atoms with Crippen LogP contribution in [0.5, 0.6) is 5.75 Å². The largest absolute Gasteiger partial charge is 0.497 e. The van der Waals surface area contributed by atoms with Crippen LogP contribution in [0.2, 0.25) is 0 Å². The van der Waals surface area contributed by atoms with Gasteiger partial charge in [-0.2, -0.15) is 0 Å². The number of nitrogens with one attached hydrogen (secondary N) is 1. The summed E-state index contributed by atoms with van der Waals surface area (Å²) in [5.41, 5.74) is 1.64. The molecule has 3 heteroatoms. The van der Waals surface area contributed by atoms with E-state index in [0.29, 0.717) is 5.54 Å². The topological polar surface area (TPSA) is 24.5 Å². The summed E-state index contributed by atoms with van der Waals surface area (Å²) < 4.78 is 5.20. The second-order valence-electron chi connectivity index (χ2n) is 6.77. The average Bonchev–Trinajstić information content (AvgIpc) is 2.48. The zero-order valence-corrected chi connectivity index (χ0v) is 14.0. The number of benzene rings is 1. The van der Waals surface area contributed by atoms with Crippen LogP contribution in [-0.4, -0.2) is 38.2 Å². The summed E-state index contributed by atoms with van der Waals surface area (Å²) in [5, 5.41) is 3.67. The van der Waals surface area contributed by atoms with Gasteiger partial charge in [-0.05, 0) is 50.6 Å². The van der Waals surface area contributed by atoms with Crippen LogP contribution in [0.1, 0.15) is 38.2 Å². The molecule has 0 spiro atoms. The maximum absolute atomic E-state index is 5.20. The van der Waals surface area contributed by atoms with Crippen LogP contribution >= 0.6 is 0 Å². The Morgan fingerprint density at radius 1 is 1.29 bits per heavy atom. The Labute approximate surface area is 129 Å². The number of likely N-dealkylation sites (N-methyl/N-ethyl adjacent to an activating group) is 1. The Bertz CT molecular complexity index is 429. The Hall–Kier alpha value is -1.06. The molecule has 0 amide bonds. The molecular formula is C18H30N2O. The number of hydrogen-bond acceptors (Lipinski definition) is 3. The van der Waals surface area contributed by atoms with E-state index in [1.165, 1.54) is 31.2 Å². The molecule has 0 bridgehead atoms. The molecule has 3 nitrogen and oxygen atoms in total. The van der Waals surface area contributed by atoms with Crippen molar-refractivity contribution in [1.82, 2.24) is 10.2 Å². The van der Waals surface area contributed by atoms with Gasteiger partial charge < -0.3 is 15.0 Å². The molecule has 1 saturated carbocycles. The first-order valence-corrected chi connectivity index (χ1v) is 8.07. The lowest BCUT2D eigenvalue weighted by Crippen LogP contribution is -2.54.